The van der Waals surface area contributed by atoms with E-state index in [0.717, 1.165) is 5.06 Å². The smallest absolute Gasteiger partial charge is 0.285 e. The van der Waals surface area contributed by atoms with Crippen molar-refractivity contribution in [3.8, 4) is 11.8 Å². The van der Waals surface area contributed by atoms with E-state index in [2.05, 4.69) is 4.98 Å². The molecule has 0 aliphatic carbocycles. The lowest BCUT2D eigenvalue weighted by molar-refractivity contribution is -0.187. The molecular weight excluding hydrogens is 310 g/mol. The van der Waals surface area contributed by atoms with Crippen LogP contribution in [0.15, 0.2) is 41.6 Å². The van der Waals surface area contributed by atoms with Crippen LogP contribution in [0.4, 0.5) is 0 Å². The summed E-state index contributed by atoms with van der Waals surface area (Å²) in [4.78, 5) is 33.5. The van der Waals surface area contributed by atoms with E-state index in [0.29, 0.717) is 29.0 Å². The molecule has 0 fully saturated rings. The molecule has 0 atom stereocenters. The highest BCUT2D eigenvalue weighted by molar-refractivity contribution is 6.19. The molecule has 24 heavy (non-hydrogen) atoms. The lowest BCUT2D eigenvalue weighted by atomic mass is 10.1. The van der Waals surface area contributed by atoms with E-state index in [1.165, 1.54) is 12.3 Å². The van der Waals surface area contributed by atoms with Gasteiger partial charge in [0.15, 0.2) is 0 Å². The van der Waals surface area contributed by atoms with Crippen LogP contribution in [0.2, 0.25) is 0 Å². The standard InChI is InChI=1S/C17H17N3O4/c1-3-5-15-14(4-2)16(21)20(17(15)22)24-9-8-23-13-7-6-12(10-18)19-11-13/h3,5-7,11H,4,8-9H2,1-2H3/b5-3-. The minimum absolute atomic E-state index is 0.0254. The van der Waals surface area contributed by atoms with Crippen LogP contribution in [0.25, 0.3) is 0 Å². The molecule has 0 saturated heterocycles. The van der Waals surface area contributed by atoms with Gasteiger partial charge in [-0.15, -0.1) is 5.06 Å². The third kappa shape index (κ3) is 3.67. The van der Waals surface area contributed by atoms with Crippen LogP contribution in [0, 0.1) is 11.3 Å². The van der Waals surface area contributed by atoms with Crippen molar-refractivity contribution in [1.29, 1.82) is 5.26 Å². The van der Waals surface area contributed by atoms with E-state index in [9.17, 15) is 9.59 Å². The molecule has 2 heterocycles. The number of allylic oxidation sites excluding steroid dienone is 1. The Morgan fingerprint density at radius 3 is 2.67 bits per heavy atom. The third-order valence-electron chi connectivity index (χ3n) is 3.29. The fourth-order valence-electron chi connectivity index (χ4n) is 2.19. The number of nitrogens with zero attached hydrogens (tertiary/aromatic N) is 3. The molecule has 1 aromatic rings. The first-order valence-electron chi connectivity index (χ1n) is 7.48. The van der Waals surface area contributed by atoms with Gasteiger partial charge < -0.3 is 4.74 Å². The molecule has 7 heteroatoms. The monoisotopic (exact) mass is 327 g/mol. The first kappa shape index (κ1) is 17.4. The number of rotatable bonds is 7. The summed E-state index contributed by atoms with van der Waals surface area (Å²) >= 11 is 0. The highest BCUT2D eigenvalue weighted by Gasteiger charge is 2.37. The van der Waals surface area contributed by atoms with E-state index in [-0.39, 0.29) is 13.2 Å². The third-order valence-corrected chi connectivity index (χ3v) is 3.29. The van der Waals surface area contributed by atoms with Crippen LogP contribution in [0.1, 0.15) is 26.0 Å². The van der Waals surface area contributed by atoms with E-state index in [1.54, 1.807) is 25.1 Å². The highest BCUT2D eigenvalue weighted by Crippen LogP contribution is 2.24. The summed E-state index contributed by atoms with van der Waals surface area (Å²) in [5, 5.41) is 9.44. The van der Waals surface area contributed by atoms with Gasteiger partial charge in [0.2, 0.25) is 0 Å². The summed E-state index contributed by atoms with van der Waals surface area (Å²) in [6.45, 7) is 3.75. The van der Waals surface area contributed by atoms with Crippen LogP contribution in [0.5, 0.6) is 5.75 Å². The molecule has 0 bridgehead atoms. The number of hydroxylamine groups is 2. The van der Waals surface area contributed by atoms with Crippen molar-refractivity contribution in [2.45, 2.75) is 20.3 Å². The Balaban J connectivity index is 1.88. The maximum atomic E-state index is 12.2. The average molecular weight is 327 g/mol. The molecule has 0 spiro atoms. The van der Waals surface area contributed by atoms with Gasteiger partial charge in [0, 0.05) is 5.57 Å². The minimum atomic E-state index is -0.463. The van der Waals surface area contributed by atoms with Gasteiger partial charge in [0.05, 0.1) is 11.8 Å². The summed E-state index contributed by atoms with van der Waals surface area (Å²) in [6.07, 6.45) is 5.20. The lowest BCUT2D eigenvalue weighted by Gasteiger charge is -2.14. The second kappa shape index (κ2) is 8.04. The molecule has 2 rings (SSSR count). The highest BCUT2D eigenvalue weighted by atomic mass is 16.7. The van der Waals surface area contributed by atoms with Crippen molar-refractivity contribution in [2.24, 2.45) is 0 Å². The summed E-state index contributed by atoms with van der Waals surface area (Å²) in [7, 11) is 0. The van der Waals surface area contributed by atoms with Crippen LogP contribution in [-0.2, 0) is 14.4 Å². The number of hydrogen-bond acceptors (Lipinski definition) is 6. The molecule has 0 saturated carbocycles. The predicted octanol–water partition coefficient (Wildman–Crippen LogP) is 1.92. The number of carbonyl (C=O) groups excluding carboxylic acids is 2. The molecule has 2 amide bonds. The Morgan fingerprint density at radius 1 is 1.29 bits per heavy atom. The maximum absolute atomic E-state index is 12.2. The van der Waals surface area contributed by atoms with Gasteiger partial charge in [-0.25, -0.2) is 4.98 Å². The lowest BCUT2D eigenvalue weighted by Crippen LogP contribution is -2.33. The van der Waals surface area contributed by atoms with Gasteiger partial charge in [-0.2, -0.15) is 5.26 Å². The quantitative estimate of drug-likeness (QED) is 0.561. The maximum Gasteiger partial charge on any atom is 0.285 e. The van der Waals surface area contributed by atoms with E-state index in [4.69, 9.17) is 14.8 Å². The zero-order valence-electron chi connectivity index (χ0n) is 13.5. The molecule has 0 N–H and O–H groups in total. The molecular formula is C17H17N3O4. The molecule has 0 unspecified atom stereocenters. The van der Waals surface area contributed by atoms with E-state index in [1.807, 2.05) is 13.0 Å². The Labute approximate surface area is 139 Å². The number of hydrogen-bond donors (Lipinski definition) is 0. The van der Waals surface area contributed by atoms with Gasteiger partial charge in [0.25, 0.3) is 11.8 Å². The Bertz CT molecular complexity index is 729. The molecule has 1 aliphatic rings. The number of carbonyl (C=O) groups is 2. The van der Waals surface area contributed by atoms with Crippen molar-refractivity contribution in [3.05, 3.63) is 47.3 Å². The Morgan fingerprint density at radius 2 is 2.08 bits per heavy atom. The molecule has 0 radical (unpaired) electrons. The van der Waals surface area contributed by atoms with Gasteiger partial charge in [0.1, 0.15) is 30.7 Å². The number of ether oxygens (including phenoxy) is 1. The fraction of sp³-hybridized carbons (Fsp3) is 0.294. The van der Waals surface area contributed by atoms with Gasteiger partial charge in [-0.3, -0.25) is 14.4 Å². The number of amides is 2. The number of aromatic nitrogens is 1. The normalized spacial score (nSPS) is 14.6. The van der Waals surface area contributed by atoms with Gasteiger partial charge >= 0.3 is 0 Å². The SMILES string of the molecule is C/C=C\C1=C(CC)C(=O)N(OCCOc2ccc(C#N)nc2)C1=O. The summed E-state index contributed by atoms with van der Waals surface area (Å²) < 4.78 is 5.39. The summed E-state index contributed by atoms with van der Waals surface area (Å²) in [6, 6.07) is 5.05. The number of imide groups is 1. The van der Waals surface area contributed by atoms with Crippen molar-refractivity contribution in [1.82, 2.24) is 10.0 Å². The van der Waals surface area contributed by atoms with Crippen molar-refractivity contribution in [3.63, 3.8) is 0 Å². The second-order valence-corrected chi connectivity index (χ2v) is 4.82. The predicted molar refractivity (Wildman–Crippen MR) is 84.4 cm³/mol. The van der Waals surface area contributed by atoms with E-state index < -0.39 is 11.8 Å². The van der Waals surface area contributed by atoms with Crippen molar-refractivity contribution >= 4 is 11.8 Å². The zero-order chi connectivity index (χ0) is 17.5. The first-order chi connectivity index (χ1) is 11.6. The average Bonchev–Trinajstić information content (AvgIpc) is 2.83. The Hall–Kier alpha value is -2.98. The van der Waals surface area contributed by atoms with Crippen molar-refractivity contribution < 1.29 is 19.2 Å². The first-order valence-corrected chi connectivity index (χ1v) is 7.48. The molecule has 1 aromatic heterocycles. The number of nitriles is 1. The van der Waals surface area contributed by atoms with Crippen LogP contribution in [0.3, 0.4) is 0 Å². The minimum Gasteiger partial charge on any atom is -0.489 e. The second-order valence-electron chi connectivity index (χ2n) is 4.82. The largest absolute Gasteiger partial charge is 0.489 e. The van der Waals surface area contributed by atoms with Crippen molar-refractivity contribution in [2.75, 3.05) is 13.2 Å². The van der Waals surface area contributed by atoms with E-state index >= 15 is 0 Å². The molecule has 124 valence electrons. The van der Waals surface area contributed by atoms with Crippen LogP contribution >= 0.6 is 0 Å². The molecule has 1 aliphatic heterocycles. The summed E-state index contributed by atoms with van der Waals surface area (Å²) in [5.41, 5.74) is 1.10. The summed E-state index contributed by atoms with van der Waals surface area (Å²) in [5.74, 6) is -0.427. The van der Waals surface area contributed by atoms with Gasteiger partial charge in [-0.05, 0) is 25.5 Å². The van der Waals surface area contributed by atoms with Gasteiger partial charge in [-0.1, -0.05) is 19.1 Å². The van der Waals surface area contributed by atoms with Crippen LogP contribution < -0.4 is 4.74 Å². The topological polar surface area (TPSA) is 92.5 Å². The Kier molecular flexibility index (Phi) is 5.82. The molecule has 0 aromatic carbocycles. The fourth-order valence-corrected chi connectivity index (χ4v) is 2.19. The number of pyridine rings is 1. The van der Waals surface area contributed by atoms with Crippen LogP contribution in [-0.4, -0.2) is 35.1 Å². The zero-order valence-corrected chi connectivity index (χ0v) is 13.5. The molecule has 7 nitrogen and oxygen atoms in total.